The molecule has 2 nitrogen and oxygen atoms in total. The second-order valence-corrected chi connectivity index (χ2v) is 7.71. The molecule has 2 heteroatoms. The molecule has 0 bridgehead atoms. The topological polar surface area (TPSA) is 33.0 Å². The molecule has 0 amide bonds. The molecule has 0 spiro atoms. The minimum atomic E-state index is -0.275. The SMILES string of the molecule is CCCCCCCOc1ccc([C@]2(C#N)CC[C@H](CCC)CC2)cc1. The van der Waals surface area contributed by atoms with Crippen LogP contribution in [0.3, 0.4) is 0 Å². The van der Waals surface area contributed by atoms with E-state index in [1.165, 1.54) is 56.9 Å². The van der Waals surface area contributed by atoms with E-state index in [9.17, 15) is 5.26 Å². The van der Waals surface area contributed by atoms with Gasteiger partial charge in [-0.3, -0.25) is 0 Å². The van der Waals surface area contributed by atoms with E-state index in [1.54, 1.807) is 0 Å². The molecule has 1 aromatic rings. The normalized spacial score (nSPS) is 23.2. The van der Waals surface area contributed by atoms with E-state index in [2.05, 4.69) is 44.2 Å². The van der Waals surface area contributed by atoms with Crippen LogP contribution in [0.15, 0.2) is 24.3 Å². The smallest absolute Gasteiger partial charge is 0.119 e. The van der Waals surface area contributed by atoms with Gasteiger partial charge in [0.1, 0.15) is 5.75 Å². The Labute approximate surface area is 154 Å². The number of unbranched alkanes of at least 4 members (excludes halogenated alkanes) is 4. The Hall–Kier alpha value is -1.49. The van der Waals surface area contributed by atoms with E-state index in [-0.39, 0.29) is 5.41 Å². The fraction of sp³-hybridized carbons (Fsp3) is 0.696. The van der Waals surface area contributed by atoms with Crippen LogP contribution in [0.2, 0.25) is 0 Å². The van der Waals surface area contributed by atoms with Crippen molar-refractivity contribution in [1.29, 1.82) is 5.26 Å². The van der Waals surface area contributed by atoms with Crippen LogP contribution >= 0.6 is 0 Å². The molecule has 0 heterocycles. The van der Waals surface area contributed by atoms with Crippen molar-refractivity contribution in [1.82, 2.24) is 0 Å². The summed E-state index contributed by atoms with van der Waals surface area (Å²) in [6, 6.07) is 11.0. The number of hydrogen-bond donors (Lipinski definition) is 0. The lowest BCUT2D eigenvalue weighted by Gasteiger charge is -2.35. The number of benzene rings is 1. The van der Waals surface area contributed by atoms with Crippen molar-refractivity contribution in [3.8, 4) is 11.8 Å². The van der Waals surface area contributed by atoms with Gasteiger partial charge in [-0.2, -0.15) is 5.26 Å². The van der Waals surface area contributed by atoms with Gasteiger partial charge in [-0.1, -0.05) is 64.5 Å². The van der Waals surface area contributed by atoms with Crippen LogP contribution < -0.4 is 4.74 Å². The fourth-order valence-corrected chi connectivity index (χ4v) is 4.10. The summed E-state index contributed by atoms with van der Waals surface area (Å²) in [5.74, 6) is 1.76. The van der Waals surface area contributed by atoms with Gasteiger partial charge < -0.3 is 4.74 Å². The maximum Gasteiger partial charge on any atom is 0.119 e. The third kappa shape index (κ3) is 5.77. The van der Waals surface area contributed by atoms with Crippen LogP contribution in [0, 0.1) is 17.2 Å². The predicted octanol–water partition coefficient (Wildman–Crippen LogP) is 6.79. The minimum Gasteiger partial charge on any atom is -0.494 e. The molecule has 1 fully saturated rings. The summed E-state index contributed by atoms with van der Waals surface area (Å²) in [6.45, 7) is 5.29. The van der Waals surface area contributed by atoms with Crippen molar-refractivity contribution in [3.63, 3.8) is 0 Å². The highest BCUT2D eigenvalue weighted by Crippen LogP contribution is 2.42. The summed E-state index contributed by atoms with van der Waals surface area (Å²) < 4.78 is 5.86. The molecule has 0 N–H and O–H groups in total. The average Bonchev–Trinajstić information content (AvgIpc) is 2.66. The number of hydrogen-bond acceptors (Lipinski definition) is 2. The van der Waals surface area contributed by atoms with Gasteiger partial charge in [0.25, 0.3) is 0 Å². The Kier molecular flexibility index (Phi) is 8.32. The highest BCUT2D eigenvalue weighted by atomic mass is 16.5. The molecule has 1 saturated carbocycles. The maximum atomic E-state index is 9.84. The third-order valence-corrected chi connectivity index (χ3v) is 5.79. The minimum absolute atomic E-state index is 0.275. The van der Waals surface area contributed by atoms with E-state index < -0.39 is 0 Å². The van der Waals surface area contributed by atoms with Crippen molar-refractivity contribution < 1.29 is 4.74 Å². The molecule has 25 heavy (non-hydrogen) atoms. The Bertz CT molecular complexity index is 520. The van der Waals surface area contributed by atoms with Crippen molar-refractivity contribution >= 4 is 0 Å². The second kappa shape index (κ2) is 10.5. The lowest BCUT2D eigenvalue weighted by Crippen LogP contribution is -2.30. The van der Waals surface area contributed by atoms with Crippen molar-refractivity contribution in [3.05, 3.63) is 29.8 Å². The van der Waals surface area contributed by atoms with Crippen LogP contribution in [0.1, 0.15) is 90.0 Å². The Morgan fingerprint density at radius 1 is 1.00 bits per heavy atom. The summed E-state index contributed by atoms with van der Waals surface area (Å²) in [5.41, 5.74) is 0.906. The molecule has 1 aromatic carbocycles. The Morgan fingerprint density at radius 2 is 1.68 bits per heavy atom. The van der Waals surface area contributed by atoms with E-state index in [4.69, 9.17) is 4.74 Å². The van der Waals surface area contributed by atoms with Crippen LogP contribution in [-0.2, 0) is 5.41 Å². The molecular formula is C23H35NO. The number of nitrogens with zero attached hydrogens (tertiary/aromatic N) is 1. The first-order valence-electron chi connectivity index (χ1n) is 10.4. The molecule has 0 aliphatic heterocycles. The highest BCUT2D eigenvalue weighted by Gasteiger charge is 2.36. The van der Waals surface area contributed by atoms with Crippen molar-refractivity contribution in [2.75, 3.05) is 6.61 Å². The van der Waals surface area contributed by atoms with Gasteiger partial charge in [-0.25, -0.2) is 0 Å². The molecule has 1 aliphatic carbocycles. The van der Waals surface area contributed by atoms with Crippen LogP contribution in [-0.4, -0.2) is 6.61 Å². The van der Waals surface area contributed by atoms with Crippen LogP contribution in [0.25, 0.3) is 0 Å². The standard InChI is InChI=1S/C23H35NO/c1-3-5-6-7-8-18-25-22-12-10-21(11-13-22)23(19-24)16-14-20(9-4-2)15-17-23/h10-13,20H,3-9,14-18H2,1-2H3/t20-,23+. The zero-order valence-electron chi connectivity index (χ0n) is 16.2. The predicted molar refractivity (Wildman–Crippen MR) is 105 cm³/mol. The summed E-state index contributed by atoms with van der Waals surface area (Å²) in [7, 11) is 0. The van der Waals surface area contributed by atoms with Crippen molar-refractivity contribution in [2.45, 2.75) is 89.9 Å². The molecular weight excluding hydrogens is 306 g/mol. The molecule has 0 radical (unpaired) electrons. The highest BCUT2D eigenvalue weighted by molar-refractivity contribution is 5.37. The quantitative estimate of drug-likeness (QED) is 0.439. The zero-order chi connectivity index (χ0) is 18.0. The monoisotopic (exact) mass is 341 g/mol. The van der Waals surface area contributed by atoms with E-state index in [1.807, 2.05) is 0 Å². The first kappa shape index (κ1) is 19.8. The molecule has 0 saturated heterocycles. The van der Waals surface area contributed by atoms with Gasteiger partial charge in [0.05, 0.1) is 18.1 Å². The lowest BCUT2D eigenvalue weighted by atomic mass is 9.67. The van der Waals surface area contributed by atoms with Gasteiger partial charge in [0, 0.05) is 0 Å². The first-order chi connectivity index (χ1) is 12.2. The number of ether oxygens (including phenoxy) is 1. The molecule has 0 atom stereocenters. The third-order valence-electron chi connectivity index (χ3n) is 5.79. The van der Waals surface area contributed by atoms with Crippen LogP contribution in [0.5, 0.6) is 5.75 Å². The molecule has 138 valence electrons. The summed E-state index contributed by atoms with van der Waals surface area (Å²) in [5, 5.41) is 9.84. The van der Waals surface area contributed by atoms with Gasteiger partial charge in [-0.15, -0.1) is 0 Å². The van der Waals surface area contributed by atoms with Gasteiger partial charge in [-0.05, 0) is 55.7 Å². The molecule has 0 unspecified atom stereocenters. The van der Waals surface area contributed by atoms with E-state index >= 15 is 0 Å². The summed E-state index contributed by atoms with van der Waals surface area (Å²) in [4.78, 5) is 0. The van der Waals surface area contributed by atoms with E-state index in [0.717, 1.165) is 37.5 Å². The Balaban J connectivity index is 1.85. The molecule has 0 aromatic heterocycles. The summed E-state index contributed by atoms with van der Waals surface area (Å²) >= 11 is 0. The van der Waals surface area contributed by atoms with Crippen LogP contribution in [0.4, 0.5) is 0 Å². The Morgan fingerprint density at radius 3 is 2.28 bits per heavy atom. The lowest BCUT2D eigenvalue weighted by molar-refractivity contribution is 0.265. The first-order valence-corrected chi connectivity index (χ1v) is 10.4. The zero-order valence-corrected chi connectivity index (χ0v) is 16.2. The van der Waals surface area contributed by atoms with Gasteiger partial charge in [0.15, 0.2) is 0 Å². The molecule has 2 rings (SSSR count). The second-order valence-electron chi connectivity index (χ2n) is 7.71. The fourth-order valence-electron chi connectivity index (χ4n) is 4.10. The summed E-state index contributed by atoms with van der Waals surface area (Å²) in [6.07, 6.45) is 13.3. The van der Waals surface area contributed by atoms with Gasteiger partial charge in [0.2, 0.25) is 0 Å². The number of rotatable bonds is 10. The average molecular weight is 342 g/mol. The van der Waals surface area contributed by atoms with Crippen molar-refractivity contribution in [2.24, 2.45) is 5.92 Å². The number of nitriles is 1. The largest absolute Gasteiger partial charge is 0.494 e. The van der Waals surface area contributed by atoms with E-state index in [0.29, 0.717) is 0 Å². The van der Waals surface area contributed by atoms with Gasteiger partial charge >= 0.3 is 0 Å². The molecule has 1 aliphatic rings. The maximum absolute atomic E-state index is 9.84.